The summed E-state index contributed by atoms with van der Waals surface area (Å²) in [5, 5.41) is 4.44. The van der Waals surface area contributed by atoms with Gasteiger partial charge >= 0.3 is 0 Å². The van der Waals surface area contributed by atoms with Gasteiger partial charge in [-0.2, -0.15) is 5.10 Å². The minimum atomic E-state index is -3.22. The molecule has 8 heteroatoms. The standard InChI is InChI=1S/C22H20FN3O3S/c1-3-30(28,29)13-14-4-9-18-19(10-14)22-16(11-20(27)26(2)25-22)12-24-21(18)15-5-7-17(23)8-6-15/h4-11H,3,12-13H2,1-2H3. The van der Waals surface area contributed by atoms with Gasteiger partial charge in [0.15, 0.2) is 9.84 Å². The van der Waals surface area contributed by atoms with Gasteiger partial charge in [-0.25, -0.2) is 17.5 Å². The number of benzene rings is 2. The topological polar surface area (TPSA) is 81.4 Å². The molecule has 1 aliphatic heterocycles. The highest BCUT2D eigenvalue weighted by Crippen LogP contribution is 2.32. The molecule has 0 saturated carbocycles. The van der Waals surface area contributed by atoms with Crippen LogP contribution in [0.4, 0.5) is 4.39 Å². The van der Waals surface area contributed by atoms with E-state index in [0.29, 0.717) is 28.1 Å². The monoisotopic (exact) mass is 425 g/mol. The Morgan fingerprint density at radius 1 is 1.07 bits per heavy atom. The van der Waals surface area contributed by atoms with Gasteiger partial charge in [-0.1, -0.05) is 19.1 Å². The molecule has 30 heavy (non-hydrogen) atoms. The quantitative estimate of drug-likeness (QED) is 0.644. The minimum Gasteiger partial charge on any atom is -0.279 e. The number of sulfone groups is 1. The molecule has 0 radical (unpaired) electrons. The fourth-order valence-electron chi connectivity index (χ4n) is 3.47. The number of hydrogen-bond donors (Lipinski definition) is 0. The van der Waals surface area contributed by atoms with Crippen LogP contribution in [0, 0.1) is 5.82 Å². The Kier molecular flexibility index (Phi) is 5.11. The van der Waals surface area contributed by atoms with Crippen molar-refractivity contribution in [1.29, 1.82) is 0 Å². The zero-order valence-corrected chi connectivity index (χ0v) is 17.4. The van der Waals surface area contributed by atoms with Crippen LogP contribution in [0.3, 0.4) is 0 Å². The van der Waals surface area contributed by atoms with Crippen molar-refractivity contribution < 1.29 is 12.8 Å². The molecule has 0 aliphatic carbocycles. The second-order valence-electron chi connectivity index (χ2n) is 7.21. The van der Waals surface area contributed by atoms with Gasteiger partial charge in [0.2, 0.25) is 0 Å². The van der Waals surface area contributed by atoms with Crippen molar-refractivity contribution in [2.24, 2.45) is 12.0 Å². The largest absolute Gasteiger partial charge is 0.279 e. The van der Waals surface area contributed by atoms with Crippen molar-refractivity contribution in [3.05, 3.63) is 87.0 Å². The van der Waals surface area contributed by atoms with Gasteiger partial charge in [0.05, 0.1) is 23.7 Å². The lowest BCUT2D eigenvalue weighted by Crippen LogP contribution is -2.20. The summed E-state index contributed by atoms with van der Waals surface area (Å²) in [7, 11) is -1.65. The first-order valence-electron chi connectivity index (χ1n) is 9.49. The second kappa shape index (κ2) is 7.60. The second-order valence-corrected chi connectivity index (χ2v) is 9.56. The van der Waals surface area contributed by atoms with Crippen molar-refractivity contribution in [2.45, 2.75) is 19.2 Å². The average Bonchev–Trinajstić information content (AvgIpc) is 2.86. The van der Waals surface area contributed by atoms with E-state index in [-0.39, 0.29) is 29.4 Å². The molecule has 0 unspecified atom stereocenters. The highest BCUT2D eigenvalue weighted by Gasteiger charge is 2.22. The molecule has 0 N–H and O–H groups in total. The molecule has 6 nitrogen and oxygen atoms in total. The Hall–Kier alpha value is -3.13. The normalized spacial score (nSPS) is 13.2. The van der Waals surface area contributed by atoms with Crippen molar-refractivity contribution in [3.63, 3.8) is 0 Å². The van der Waals surface area contributed by atoms with Crippen LogP contribution in [0.1, 0.15) is 29.2 Å². The average molecular weight is 425 g/mol. The lowest BCUT2D eigenvalue weighted by atomic mass is 9.94. The maximum absolute atomic E-state index is 13.4. The molecule has 0 atom stereocenters. The first-order chi connectivity index (χ1) is 14.3. The molecule has 0 amide bonds. The third-order valence-electron chi connectivity index (χ3n) is 5.12. The molecule has 0 spiro atoms. The fourth-order valence-corrected chi connectivity index (χ4v) is 4.36. The molecule has 2 aromatic carbocycles. The Bertz CT molecular complexity index is 1330. The summed E-state index contributed by atoms with van der Waals surface area (Å²) in [6, 6.07) is 12.9. The molecule has 1 aliphatic rings. The summed E-state index contributed by atoms with van der Waals surface area (Å²) < 4.78 is 39.0. The summed E-state index contributed by atoms with van der Waals surface area (Å²) in [6.07, 6.45) is 0. The van der Waals surface area contributed by atoms with Gasteiger partial charge in [-0.05, 0) is 35.9 Å². The Balaban J connectivity index is 1.95. The number of rotatable bonds is 4. The van der Waals surface area contributed by atoms with E-state index in [2.05, 4.69) is 10.1 Å². The molecule has 0 saturated heterocycles. The van der Waals surface area contributed by atoms with Gasteiger partial charge in [0, 0.05) is 41.1 Å². The maximum atomic E-state index is 13.4. The van der Waals surface area contributed by atoms with Crippen molar-refractivity contribution >= 4 is 15.5 Å². The number of halogens is 1. The van der Waals surface area contributed by atoms with Crippen molar-refractivity contribution in [2.75, 3.05) is 5.75 Å². The van der Waals surface area contributed by atoms with Crippen LogP contribution in [-0.2, 0) is 29.2 Å². The van der Waals surface area contributed by atoms with Gasteiger partial charge < -0.3 is 0 Å². The van der Waals surface area contributed by atoms with E-state index in [9.17, 15) is 17.6 Å². The van der Waals surface area contributed by atoms with Crippen molar-refractivity contribution in [3.8, 4) is 11.3 Å². The molecule has 4 rings (SSSR count). The first kappa shape index (κ1) is 20.2. The number of nitrogens with zero attached hydrogens (tertiary/aromatic N) is 3. The molecule has 0 fully saturated rings. The summed E-state index contributed by atoms with van der Waals surface area (Å²) in [4.78, 5) is 16.8. The molecule has 154 valence electrons. The Labute approximate surface area is 173 Å². The Morgan fingerprint density at radius 3 is 2.50 bits per heavy atom. The van der Waals surface area contributed by atoms with Crippen LogP contribution in [0.15, 0.2) is 58.3 Å². The molecular weight excluding hydrogens is 405 g/mol. The number of hydrogen-bond acceptors (Lipinski definition) is 5. The van der Waals surface area contributed by atoms with Gasteiger partial charge in [-0.15, -0.1) is 0 Å². The van der Waals surface area contributed by atoms with E-state index in [1.165, 1.54) is 22.9 Å². The lowest BCUT2D eigenvalue weighted by molar-refractivity contribution is 0.596. The van der Waals surface area contributed by atoms with E-state index >= 15 is 0 Å². The highest BCUT2D eigenvalue weighted by atomic mass is 32.2. The molecule has 0 bridgehead atoms. The predicted molar refractivity (Wildman–Crippen MR) is 114 cm³/mol. The van der Waals surface area contributed by atoms with Crippen molar-refractivity contribution in [1.82, 2.24) is 9.78 Å². The van der Waals surface area contributed by atoms with Crippen LogP contribution < -0.4 is 5.56 Å². The number of fused-ring (bicyclic) bond motifs is 3. The van der Waals surface area contributed by atoms with Crippen LogP contribution in [0.5, 0.6) is 0 Å². The zero-order valence-electron chi connectivity index (χ0n) is 16.6. The van der Waals surface area contributed by atoms with E-state index in [0.717, 1.165) is 11.1 Å². The van der Waals surface area contributed by atoms with Gasteiger partial charge in [0.25, 0.3) is 5.56 Å². The smallest absolute Gasteiger partial charge is 0.266 e. The minimum absolute atomic E-state index is 0.0513. The molecule has 2 heterocycles. The first-order valence-corrected chi connectivity index (χ1v) is 11.3. The van der Waals surface area contributed by atoms with E-state index in [4.69, 9.17) is 0 Å². The molecule has 1 aromatic heterocycles. The van der Waals surface area contributed by atoms with Crippen LogP contribution in [0.25, 0.3) is 11.3 Å². The molecule has 3 aromatic rings. The summed E-state index contributed by atoms with van der Waals surface area (Å²) in [5.41, 5.74) is 4.46. The zero-order chi connectivity index (χ0) is 21.5. The van der Waals surface area contributed by atoms with E-state index in [1.54, 1.807) is 38.2 Å². The lowest BCUT2D eigenvalue weighted by Gasteiger charge is -2.13. The maximum Gasteiger partial charge on any atom is 0.266 e. The number of aryl methyl sites for hydroxylation is 1. The Morgan fingerprint density at radius 2 is 1.80 bits per heavy atom. The fraction of sp³-hybridized carbons (Fsp3) is 0.227. The van der Waals surface area contributed by atoms with Gasteiger partial charge in [-0.3, -0.25) is 9.79 Å². The predicted octanol–water partition coefficient (Wildman–Crippen LogP) is 2.87. The van der Waals surface area contributed by atoms with Crippen LogP contribution in [0.2, 0.25) is 0 Å². The summed E-state index contributed by atoms with van der Waals surface area (Å²) >= 11 is 0. The summed E-state index contributed by atoms with van der Waals surface area (Å²) in [5.74, 6) is -0.377. The van der Waals surface area contributed by atoms with E-state index < -0.39 is 9.84 Å². The van der Waals surface area contributed by atoms with E-state index in [1.807, 2.05) is 6.07 Å². The molecular formula is C22H20FN3O3S. The third kappa shape index (κ3) is 3.82. The summed E-state index contributed by atoms with van der Waals surface area (Å²) in [6.45, 7) is 1.85. The SMILES string of the molecule is CCS(=O)(=O)Cc1ccc2c(c1)-c1nn(C)c(=O)cc1CN=C2c1ccc(F)cc1. The number of aliphatic imine (C=N–C) groups is 1. The van der Waals surface area contributed by atoms with Crippen LogP contribution >= 0.6 is 0 Å². The third-order valence-corrected chi connectivity index (χ3v) is 6.77. The highest BCUT2D eigenvalue weighted by molar-refractivity contribution is 7.90. The van der Waals surface area contributed by atoms with Gasteiger partial charge in [0.1, 0.15) is 5.82 Å². The van der Waals surface area contributed by atoms with Crippen LogP contribution in [-0.4, -0.2) is 29.7 Å². The number of aromatic nitrogens is 2.